The molecule has 0 aromatic rings. The lowest BCUT2D eigenvalue weighted by Crippen LogP contribution is -2.64. The molecular formula is C15H27NO3. The van der Waals surface area contributed by atoms with Gasteiger partial charge >= 0.3 is 6.09 Å². The molecule has 4 nitrogen and oxygen atoms in total. The van der Waals surface area contributed by atoms with Gasteiger partial charge in [-0.15, -0.1) is 0 Å². The van der Waals surface area contributed by atoms with Crippen LogP contribution in [0.1, 0.15) is 59.8 Å². The lowest BCUT2D eigenvalue weighted by Gasteiger charge is -2.49. The van der Waals surface area contributed by atoms with Crippen LogP contribution in [-0.4, -0.2) is 41.4 Å². The molecule has 2 rings (SSSR count). The SMILES string of the molecule is CC(C)(C)OC(=O)N1CC(C)(OC2CCCCC2)C1. The summed E-state index contributed by atoms with van der Waals surface area (Å²) in [7, 11) is 0. The molecule has 1 aliphatic heterocycles. The smallest absolute Gasteiger partial charge is 0.410 e. The molecule has 0 spiro atoms. The molecule has 110 valence electrons. The van der Waals surface area contributed by atoms with Crippen molar-refractivity contribution in [2.45, 2.75) is 77.1 Å². The number of ether oxygens (including phenoxy) is 2. The molecule has 0 unspecified atom stereocenters. The number of carbonyl (C=O) groups is 1. The first-order valence-electron chi connectivity index (χ1n) is 7.43. The third-order valence-electron chi connectivity index (χ3n) is 3.71. The van der Waals surface area contributed by atoms with Crippen LogP contribution in [0.25, 0.3) is 0 Å². The van der Waals surface area contributed by atoms with E-state index in [9.17, 15) is 4.79 Å². The fraction of sp³-hybridized carbons (Fsp3) is 0.933. The van der Waals surface area contributed by atoms with Crippen molar-refractivity contribution >= 4 is 6.09 Å². The highest BCUT2D eigenvalue weighted by molar-refractivity contribution is 5.69. The summed E-state index contributed by atoms with van der Waals surface area (Å²) < 4.78 is 11.5. The van der Waals surface area contributed by atoms with E-state index < -0.39 is 5.60 Å². The van der Waals surface area contributed by atoms with E-state index >= 15 is 0 Å². The summed E-state index contributed by atoms with van der Waals surface area (Å²) in [5.74, 6) is 0. The van der Waals surface area contributed by atoms with Gasteiger partial charge < -0.3 is 14.4 Å². The second-order valence-electron chi connectivity index (χ2n) is 7.16. The van der Waals surface area contributed by atoms with Gasteiger partial charge in [-0.1, -0.05) is 19.3 Å². The fourth-order valence-electron chi connectivity index (χ4n) is 2.88. The second-order valence-corrected chi connectivity index (χ2v) is 7.16. The molecule has 4 heteroatoms. The number of carbonyl (C=O) groups excluding carboxylic acids is 1. The zero-order valence-electron chi connectivity index (χ0n) is 12.7. The number of likely N-dealkylation sites (tertiary alicyclic amines) is 1. The van der Waals surface area contributed by atoms with E-state index in [0.29, 0.717) is 19.2 Å². The van der Waals surface area contributed by atoms with Crippen molar-refractivity contribution in [2.24, 2.45) is 0 Å². The zero-order valence-corrected chi connectivity index (χ0v) is 12.7. The number of rotatable bonds is 2. The molecule has 0 aromatic heterocycles. The molecule has 0 bridgehead atoms. The molecule has 19 heavy (non-hydrogen) atoms. The summed E-state index contributed by atoms with van der Waals surface area (Å²) in [6, 6.07) is 0. The van der Waals surface area contributed by atoms with Crippen molar-refractivity contribution in [1.82, 2.24) is 4.90 Å². The Morgan fingerprint density at radius 2 is 1.74 bits per heavy atom. The maximum absolute atomic E-state index is 11.9. The molecule has 2 aliphatic rings. The molecule has 0 N–H and O–H groups in total. The lowest BCUT2D eigenvalue weighted by molar-refractivity contribution is -0.164. The van der Waals surface area contributed by atoms with Crippen LogP contribution in [-0.2, 0) is 9.47 Å². The third kappa shape index (κ3) is 4.10. The molecule has 0 atom stereocenters. The Bertz CT molecular complexity index is 323. The minimum atomic E-state index is -0.423. The van der Waals surface area contributed by atoms with Gasteiger partial charge in [-0.25, -0.2) is 4.79 Å². The number of hydrogen-bond acceptors (Lipinski definition) is 3. The van der Waals surface area contributed by atoms with Crippen molar-refractivity contribution in [3.05, 3.63) is 0 Å². The summed E-state index contributed by atoms with van der Waals surface area (Å²) in [4.78, 5) is 13.6. The maximum atomic E-state index is 11.9. The molecule has 1 amide bonds. The van der Waals surface area contributed by atoms with Crippen LogP contribution in [0.15, 0.2) is 0 Å². The van der Waals surface area contributed by atoms with Crippen molar-refractivity contribution in [2.75, 3.05) is 13.1 Å². The summed E-state index contributed by atoms with van der Waals surface area (Å²) in [5, 5.41) is 0. The zero-order chi connectivity index (χ0) is 14.1. The molecule has 0 radical (unpaired) electrons. The van der Waals surface area contributed by atoms with E-state index in [1.807, 2.05) is 20.8 Å². The third-order valence-corrected chi connectivity index (χ3v) is 3.71. The van der Waals surface area contributed by atoms with E-state index in [0.717, 1.165) is 0 Å². The van der Waals surface area contributed by atoms with Gasteiger partial charge in [0.1, 0.15) is 11.2 Å². The van der Waals surface area contributed by atoms with Gasteiger partial charge in [0.15, 0.2) is 0 Å². The number of amides is 1. The maximum Gasteiger partial charge on any atom is 0.410 e. The van der Waals surface area contributed by atoms with Crippen LogP contribution in [0.3, 0.4) is 0 Å². The standard InChI is InChI=1S/C15H27NO3/c1-14(2,3)19-13(17)16-10-15(4,11-16)18-12-8-6-5-7-9-12/h12H,5-11H2,1-4H3. The summed E-state index contributed by atoms with van der Waals surface area (Å²) >= 11 is 0. The second kappa shape index (κ2) is 5.31. The molecule has 0 aromatic carbocycles. The Balaban J connectivity index is 1.75. The van der Waals surface area contributed by atoms with E-state index in [2.05, 4.69) is 6.92 Å². The molecule has 2 fully saturated rings. The van der Waals surface area contributed by atoms with E-state index in [-0.39, 0.29) is 11.7 Å². The Morgan fingerprint density at radius 3 is 2.26 bits per heavy atom. The van der Waals surface area contributed by atoms with Gasteiger partial charge in [0, 0.05) is 0 Å². The van der Waals surface area contributed by atoms with Crippen molar-refractivity contribution in [1.29, 1.82) is 0 Å². The quantitative estimate of drug-likeness (QED) is 0.771. The van der Waals surface area contributed by atoms with Crippen molar-refractivity contribution in [3.63, 3.8) is 0 Å². The predicted octanol–water partition coefficient (Wildman–Crippen LogP) is 3.35. The van der Waals surface area contributed by atoms with Crippen LogP contribution >= 0.6 is 0 Å². The Hall–Kier alpha value is -0.770. The minimum Gasteiger partial charge on any atom is -0.444 e. The van der Waals surface area contributed by atoms with Gasteiger partial charge in [0.25, 0.3) is 0 Å². The highest BCUT2D eigenvalue weighted by Crippen LogP contribution is 2.31. The first-order chi connectivity index (χ1) is 8.77. The molecule has 1 saturated carbocycles. The molecular weight excluding hydrogens is 242 g/mol. The van der Waals surface area contributed by atoms with Crippen molar-refractivity contribution in [3.8, 4) is 0 Å². The Kier molecular flexibility index (Phi) is 4.09. The van der Waals surface area contributed by atoms with Crippen LogP contribution in [0.5, 0.6) is 0 Å². The molecule has 1 saturated heterocycles. The lowest BCUT2D eigenvalue weighted by atomic mass is 9.93. The fourth-order valence-corrected chi connectivity index (χ4v) is 2.88. The van der Waals surface area contributed by atoms with Gasteiger partial charge in [0.05, 0.1) is 19.2 Å². The number of nitrogens with zero attached hydrogens (tertiary/aromatic N) is 1. The largest absolute Gasteiger partial charge is 0.444 e. The number of hydrogen-bond donors (Lipinski definition) is 0. The summed E-state index contributed by atoms with van der Waals surface area (Å²) in [5.41, 5.74) is -0.591. The van der Waals surface area contributed by atoms with E-state index in [1.165, 1.54) is 32.1 Å². The molecule has 1 aliphatic carbocycles. The average Bonchev–Trinajstić information content (AvgIpc) is 2.24. The van der Waals surface area contributed by atoms with Crippen LogP contribution < -0.4 is 0 Å². The van der Waals surface area contributed by atoms with Crippen molar-refractivity contribution < 1.29 is 14.3 Å². The van der Waals surface area contributed by atoms with Gasteiger partial charge in [0.2, 0.25) is 0 Å². The highest BCUT2D eigenvalue weighted by Gasteiger charge is 2.45. The van der Waals surface area contributed by atoms with E-state index in [4.69, 9.17) is 9.47 Å². The average molecular weight is 269 g/mol. The summed E-state index contributed by atoms with van der Waals surface area (Å²) in [6.45, 7) is 9.08. The van der Waals surface area contributed by atoms with Crippen LogP contribution in [0, 0.1) is 0 Å². The van der Waals surface area contributed by atoms with Crippen LogP contribution in [0.4, 0.5) is 4.79 Å². The van der Waals surface area contributed by atoms with Crippen LogP contribution in [0.2, 0.25) is 0 Å². The Morgan fingerprint density at radius 1 is 1.16 bits per heavy atom. The summed E-state index contributed by atoms with van der Waals surface area (Å²) in [6.07, 6.45) is 6.38. The van der Waals surface area contributed by atoms with E-state index in [1.54, 1.807) is 4.90 Å². The van der Waals surface area contributed by atoms with Gasteiger partial charge in [-0.3, -0.25) is 0 Å². The molecule has 1 heterocycles. The first-order valence-corrected chi connectivity index (χ1v) is 7.43. The predicted molar refractivity (Wildman–Crippen MR) is 74.2 cm³/mol. The van der Waals surface area contributed by atoms with Gasteiger partial charge in [-0.2, -0.15) is 0 Å². The monoisotopic (exact) mass is 269 g/mol. The minimum absolute atomic E-state index is 0.168. The topological polar surface area (TPSA) is 38.8 Å². The Labute approximate surface area is 116 Å². The normalized spacial score (nSPS) is 23.9. The highest BCUT2D eigenvalue weighted by atomic mass is 16.6. The first kappa shape index (κ1) is 14.6. The van der Waals surface area contributed by atoms with Gasteiger partial charge in [-0.05, 0) is 40.5 Å².